The second-order valence-corrected chi connectivity index (χ2v) is 15.6. The number of hydrogen-bond acceptors (Lipinski definition) is 10. The van der Waals surface area contributed by atoms with Gasteiger partial charge in [0.2, 0.25) is 47.3 Å². The maximum Gasteiger partial charge on any atom is 0.305 e. The largest absolute Gasteiger partial charge is 0.481 e. The Hall–Kier alpha value is -6.28. The Labute approximate surface area is 347 Å². The van der Waals surface area contributed by atoms with Gasteiger partial charge < -0.3 is 58.3 Å². The van der Waals surface area contributed by atoms with Crippen molar-refractivity contribution in [3.8, 4) is 0 Å². The van der Waals surface area contributed by atoms with Crippen molar-refractivity contribution >= 4 is 59.2 Å². The average Bonchev–Trinajstić information content (AvgIpc) is 3.90. The number of hydrogen-bond donors (Lipinski definition) is 9. The Morgan fingerprint density at radius 1 is 0.767 bits per heavy atom. The third-order valence-corrected chi connectivity index (χ3v) is 10.4. The van der Waals surface area contributed by atoms with Crippen LogP contribution in [0.25, 0.3) is 0 Å². The molecule has 0 aliphatic carbocycles. The van der Waals surface area contributed by atoms with E-state index in [9.17, 15) is 48.3 Å². The van der Waals surface area contributed by atoms with E-state index >= 15 is 0 Å². The molecule has 21 heteroatoms. The monoisotopic (exact) mass is 839 g/mol. The van der Waals surface area contributed by atoms with Crippen molar-refractivity contribution in [2.24, 2.45) is 22.4 Å². The van der Waals surface area contributed by atoms with E-state index in [-0.39, 0.29) is 57.2 Å². The Bertz CT molecular complexity index is 1810. The van der Waals surface area contributed by atoms with Gasteiger partial charge >= 0.3 is 5.97 Å². The van der Waals surface area contributed by atoms with Gasteiger partial charge in [0.25, 0.3) is 0 Å². The number of aliphatic imine (C=N–C) groups is 1. The molecule has 3 saturated heterocycles. The van der Waals surface area contributed by atoms with Gasteiger partial charge in [-0.3, -0.25) is 48.1 Å². The van der Waals surface area contributed by atoms with Crippen molar-refractivity contribution in [1.29, 1.82) is 0 Å². The predicted molar refractivity (Wildman–Crippen MR) is 215 cm³/mol. The molecule has 21 nitrogen and oxygen atoms in total. The number of nitrogens with zero attached hydrogens (tertiary/aromatic N) is 3. The predicted octanol–water partition coefficient (Wildman–Crippen LogP) is -2.51. The van der Waals surface area contributed by atoms with Gasteiger partial charge in [-0.25, -0.2) is 0 Å². The number of carbonyl (C=O) groups is 9. The quantitative estimate of drug-likeness (QED) is 0.0708. The van der Waals surface area contributed by atoms with Crippen LogP contribution >= 0.6 is 0 Å². The molecule has 1 aromatic carbocycles. The fourth-order valence-electron chi connectivity index (χ4n) is 7.48. The summed E-state index contributed by atoms with van der Waals surface area (Å²) in [6, 6.07) is -0.547. The molecule has 0 saturated carbocycles. The van der Waals surface area contributed by atoms with Gasteiger partial charge in [0.05, 0.1) is 13.0 Å². The normalized spacial score (nSPS) is 26.7. The molecule has 7 atom stereocenters. The first-order valence-corrected chi connectivity index (χ1v) is 20.2. The number of amides is 8. The molecule has 0 unspecified atom stereocenters. The number of guanidine groups is 1. The van der Waals surface area contributed by atoms with Gasteiger partial charge in [0.1, 0.15) is 42.3 Å². The summed E-state index contributed by atoms with van der Waals surface area (Å²) < 4.78 is 0. The van der Waals surface area contributed by atoms with E-state index in [1.807, 2.05) is 13.8 Å². The molecule has 0 radical (unpaired) electrons. The molecule has 1 aromatic rings. The molecule has 3 aliphatic rings. The number of rotatable bonds is 9. The SMILES string of the molecule is CC(C)C[C@@H]1NC(=O)[C@H](CC(=O)O)NC(=O)CNC(=O)[C@H](CCCN=C(N)N)NC(=O)[C@@H](c2ccccc2)NC(=O)[C@H](C)NC(=O)[C@@H]2CCCN2C(=O)[C@H]2CCCN2C1=O. The van der Waals surface area contributed by atoms with Crippen molar-refractivity contribution in [3.05, 3.63) is 35.9 Å². The number of carbonyl (C=O) groups excluding carboxylic acids is 8. The van der Waals surface area contributed by atoms with E-state index in [1.165, 1.54) is 16.7 Å². The highest BCUT2D eigenvalue weighted by Gasteiger charge is 2.44. The third kappa shape index (κ3) is 12.9. The van der Waals surface area contributed by atoms with Crippen LogP contribution in [0.1, 0.15) is 83.7 Å². The van der Waals surface area contributed by atoms with E-state index in [0.717, 1.165) is 0 Å². The highest BCUT2D eigenvalue weighted by Crippen LogP contribution is 2.27. The lowest BCUT2D eigenvalue weighted by Crippen LogP contribution is -2.59. The van der Waals surface area contributed by atoms with Gasteiger partial charge in [0, 0.05) is 19.6 Å². The highest BCUT2D eigenvalue weighted by atomic mass is 16.4. The Kier molecular flexibility index (Phi) is 16.7. The lowest BCUT2D eigenvalue weighted by atomic mass is 10.0. The zero-order valence-electron chi connectivity index (χ0n) is 34.1. The van der Waals surface area contributed by atoms with Crippen LogP contribution in [0, 0.1) is 5.92 Å². The molecule has 8 amide bonds. The standard InChI is InChI=1S/C39H57N11O10/c1-21(2)18-26-37(59)50-17-9-14-28(50)38(60)49-16-8-13-27(49)35(57)44-22(3)32(54)48-31(23-10-5-4-6-11-23)36(58)46-24(12-7-15-42-39(40)41)33(55)43-20-29(51)45-25(19-30(52)53)34(56)47-26/h4-6,10-11,21-22,24-28,31H,7-9,12-20H2,1-3H3,(H,43,55)(H,44,57)(H,45,51)(H,46,58)(H,47,56)(H,48,54)(H,52,53)(H4,40,41,42)/t22-,24-,25-,26-,27-,28+,31+/m0/s1. The smallest absolute Gasteiger partial charge is 0.305 e. The van der Waals surface area contributed by atoms with Gasteiger partial charge in [0.15, 0.2) is 5.96 Å². The Morgan fingerprint density at radius 3 is 2.03 bits per heavy atom. The van der Waals surface area contributed by atoms with E-state index in [0.29, 0.717) is 24.8 Å². The van der Waals surface area contributed by atoms with Crippen LogP contribution in [0.3, 0.4) is 0 Å². The van der Waals surface area contributed by atoms with E-state index < -0.39 is 108 Å². The number of nitrogens with two attached hydrogens (primary N) is 2. The second-order valence-electron chi connectivity index (χ2n) is 15.6. The van der Waals surface area contributed by atoms with Crippen LogP contribution in [0.2, 0.25) is 0 Å². The molecular formula is C39H57N11O10. The summed E-state index contributed by atoms with van der Waals surface area (Å²) in [7, 11) is 0. The molecule has 60 heavy (non-hydrogen) atoms. The zero-order chi connectivity index (χ0) is 44.1. The molecule has 4 rings (SSSR count). The summed E-state index contributed by atoms with van der Waals surface area (Å²) in [5.41, 5.74) is 11.2. The summed E-state index contributed by atoms with van der Waals surface area (Å²) in [5.74, 6) is -7.76. The van der Waals surface area contributed by atoms with Crippen molar-refractivity contribution in [2.75, 3.05) is 26.2 Å². The van der Waals surface area contributed by atoms with Crippen LogP contribution in [0.5, 0.6) is 0 Å². The molecule has 3 heterocycles. The second kappa shape index (κ2) is 21.6. The van der Waals surface area contributed by atoms with Crippen LogP contribution in [0.15, 0.2) is 35.3 Å². The first-order chi connectivity index (χ1) is 28.5. The third-order valence-electron chi connectivity index (χ3n) is 10.4. The number of nitrogens with one attached hydrogen (secondary N) is 6. The van der Waals surface area contributed by atoms with Crippen molar-refractivity contribution in [1.82, 2.24) is 41.7 Å². The van der Waals surface area contributed by atoms with Gasteiger partial charge in [-0.2, -0.15) is 0 Å². The van der Waals surface area contributed by atoms with Crippen LogP contribution in [-0.4, -0.2) is 137 Å². The minimum Gasteiger partial charge on any atom is -0.481 e. The van der Waals surface area contributed by atoms with Crippen molar-refractivity contribution in [3.63, 3.8) is 0 Å². The van der Waals surface area contributed by atoms with E-state index in [4.69, 9.17) is 11.5 Å². The number of fused-ring (bicyclic) bond motifs is 2. The lowest BCUT2D eigenvalue weighted by Gasteiger charge is -2.34. The molecule has 328 valence electrons. The minimum absolute atomic E-state index is 0.0400. The van der Waals surface area contributed by atoms with Crippen molar-refractivity contribution in [2.45, 2.75) is 114 Å². The van der Waals surface area contributed by atoms with Gasteiger partial charge in [-0.05, 0) is 63.4 Å². The molecular weight excluding hydrogens is 782 g/mol. The van der Waals surface area contributed by atoms with Gasteiger partial charge in [-0.15, -0.1) is 0 Å². The summed E-state index contributed by atoms with van der Waals surface area (Å²) in [6.07, 6.45) is 0.907. The molecule has 0 aromatic heterocycles. The topological polar surface area (TPSA) is 317 Å². The molecule has 0 spiro atoms. The number of benzene rings is 1. The van der Waals surface area contributed by atoms with Gasteiger partial charge in [-0.1, -0.05) is 44.2 Å². The number of carboxylic acids is 1. The average molecular weight is 840 g/mol. The Balaban J connectivity index is 1.70. The van der Waals surface area contributed by atoms with Crippen LogP contribution in [0.4, 0.5) is 0 Å². The molecule has 3 aliphatic heterocycles. The first-order valence-electron chi connectivity index (χ1n) is 20.2. The maximum absolute atomic E-state index is 14.2. The highest BCUT2D eigenvalue weighted by molar-refractivity contribution is 5.99. The van der Waals surface area contributed by atoms with Crippen LogP contribution < -0.4 is 43.4 Å². The fourth-order valence-corrected chi connectivity index (χ4v) is 7.48. The fraction of sp³-hybridized carbons (Fsp3) is 0.590. The van der Waals surface area contributed by atoms with E-state index in [1.54, 1.807) is 30.3 Å². The summed E-state index contributed by atoms with van der Waals surface area (Å²) in [5, 5.41) is 24.9. The van der Waals surface area contributed by atoms with Crippen LogP contribution in [-0.2, 0) is 43.2 Å². The van der Waals surface area contributed by atoms with E-state index in [2.05, 4.69) is 36.9 Å². The number of carboxylic acid groups (broad SMARTS) is 1. The summed E-state index contributed by atoms with van der Waals surface area (Å²) >= 11 is 0. The number of aliphatic carboxylic acids is 1. The maximum atomic E-state index is 14.2. The Morgan fingerprint density at radius 2 is 1.40 bits per heavy atom. The summed E-state index contributed by atoms with van der Waals surface area (Å²) in [4.78, 5) is 129. The summed E-state index contributed by atoms with van der Waals surface area (Å²) in [6.45, 7) is 4.77. The van der Waals surface area contributed by atoms with Crippen molar-refractivity contribution < 1.29 is 48.3 Å². The first kappa shape index (κ1) is 46.4. The molecule has 0 bridgehead atoms. The zero-order valence-corrected chi connectivity index (χ0v) is 34.1. The molecule has 11 N–H and O–H groups in total. The lowest BCUT2D eigenvalue weighted by molar-refractivity contribution is -0.148. The molecule has 3 fully saturated rings. The minimum atomic E-state index is -1.67.